The number of aryl methyl sites for hydroxylation is 1. The highest BCUT2D eigenvalue weighted by Crippen LogP contribution is 2.35. The van der Waals surface area contributed by atoms with Crippen LogP contribution in [0.4, 0.5) is 8.78 Å². The van der Waals surface area contributed by atoms with Gasteiger partial charge in [-0.1, -0.05) is 35.3 Å². The number of nitrogens with zero attached hydrogens (tertiary/aromatic N) is 2. The first-order chi connectivity index (χ1) is 15.1. The molecule has 0 saturated heterocycles. The van der Waals surface area contributed by atoms with Gasteiger partial charge in [0.15, 0.2) is 0 Å². The number of rotatable bonds is 7. The summed E-state index contributed by atoms with van der Waals surface area (Å²) in [6.45, 7) is 1.63. The van der Waals surface area contributed by atoms with Crippen LogP contribution in [0.3, 0.4) is 0 Å². The molecule has 3 aromatic rings. The monoisotopic (exact) mass is 483 g/mol. The van der Waals surface area contributed by atoms with E-state index < -0.39 is 35.6 Å². The molecule has 7 nitrogen and oxygen atoms in total. The molecule has 0 unspecified atom stereocenters. The third kappa shape index (κ3) is 5.00. The Labute approximate surface area is 191 Å². The third-order valence-electron chi connectivity index (χ3n) is 4.57. The topological polar surface area (TPSA) is 93.5 Å². The average molecular weight is 484 g/mol. The molecule has 0 spiro atoms. The van der Waals surface area contributed by atoms with Crippen molar-refractivity contribution >= 4 is 35.1 Å². The van der Waals surface area contributed by atoms with Gasteiger partial charge in [-0.15, -0.1) is 0 Å². The number of aromatic carboxylic acids is 1. The van der Waals surface area contributed by atoms with Crippen LogP contribution in [-0.4, -0.2) is 26.8 Å². The third-order valence-corrected chi connectivity index (χ3v) is 5.31. The Balaban J connectivity index is 1.91. The zero-order valence-corrected chi connectivity index (χ0v) is 18.3. The summed E-state index contributed by atoms with van der Waals surface area (Å²) in [6.07, 6.45) is -3.03. The Morgan fingerprint density at radius 2 is 1.78 bits per heavy atom. The quantitative estimate of drug-likeness (QED) is 0.453. The van der Waals surface area contributed by atoms with Crippen LogP contribution < -0.4 is 10.1 Å². The van der Waals surface area contributed by atoms with E-state index in [9.17, 15) is 18.4 Å². The first kappa shape index (κ1) is 23.5. The number of carbonyl (C=O) groups excluding carboxylic acids is 1. The minimum atomic E-state index is -3.03. The molecule has 0 bridgehead atoms. The van der Waals surface area contributed by atoms with Gasteiger partial charge >= 0.3 is 5.97 Å². The molecule has 0 aliphatic carbocycles. The molecule has 11 heteroatoms. The van der Waals surface area contributed by atoms with E-state index in [2.05, 4.69) is 10.4 Å². The predicted octanol–water partition coefficient (Wildman–Crippen LogP) is 5.65. The van der Waals surface area contributed by atoms with Crippen molar-refractivity contribution in [1.29, 1.82) is 0 Å². The minimum absolute atomic E-state index is 0.0804. The van der Waals surface area contributed by atoms with Crippen LogP contribution in [0.15, 0.2) is 42.5 Å². The maximum atomic E-state index is 13.6. The molecule has 1 heterocycles. The van der Waals surface area contributed by atoms with Gasteiger partial charge in [-0.2, -0.15) is 5.10 Å². The van der Waals surface area contributed by atoms with Crippen LogP contribution in [0.1, 0.15) is 51.4 Å². The van der Waals surface area contributed by atoms with Gasteiger partial charge in [-0.3, -0.25) is 4.79 Å². The van der Waals surface area contributed by atoms with E-state index in [0.29, 0.717) is 5.56 Å². The summed E-state index contributed by atoms with van der Waals surface area (Å²) in [4.78, 5) is 24.0. The number of carboxylic acids is 1. The molecular weight excluding hydrogens is 467 g/mol. The second-order valence-corrected chi connectivity index (χ2v) is 7.60. The second-order valence-electron chi connectivity index (χ2n) is 6.79. The van der Waals surface area contributed by atoms with Crippen molar-refractivity contribution in [2.45, 2.75) is 19.4 Å². The lowest BCUT2D eigenvalue weighted by Crippen LogP contribution is -2.27. The van der Waals surface area contributed by atoms with Crippen molar-refractivity contribution in [3.8, 4) is 11.6 Å². The van der Waals surface area contributed by atoms with Crippen molar-refractivity contribution in [1.82, 2.24) is 15.1 Å². The van der Waals surface area contributed by atoms with Gasteiger partial charge in [0.25, 0.3) is 12.3 Å². The molecule has 0 saturated carbocycles. The Kier molecular flexibility index (Phi) is 7.00. The second kappa shape index (κ2) is 9.54. The molecular formula is C21H17Cl2F2N3O4. The average Bonchev–Trinajstić information content (AvgIpc) is 3.07. The fraction of sp³-hybridized carbons (Fsp3) is 0.190. The summed E-state index contributed by atoms with van der Waals surface area (Å²) in [6, 6.07) is 9.52. The number of benzene rings is 2. The molecule has 3 rings (SSSR count). The lowest BCUT2D eigenvalue weighted by atomic mass is 10.1. The van der Waals surface area contributed by atoms with Crippen LogP contribution in [-0.2, 0) is 7.05 Å². The summed E-state index contributed by atoms with van der Waals surface area (Å²) in [5.74, 6) is -1.95. The molecule has 0 aliphatic rings. The van der Waals surface area contributed by atoms with E-state index in [1.54, 1.807) is 6.92 Å². The standard InChI is InChI=1S/C21H17Cl2F2N3O4/c1-10(11-3-5-12(6-4-11)21(30)31)26-19(29)16-17(18(24)25)27-28(2)20(16)32-13-7-8-14(22)15(23)9-13/h3-10,18H,1-2H3,(H,26,29)(H,30,31)/t10-/m0/s1. The molecule has 0 aliphatic heterocycles. The molecule has 1 aromatic heterocycles. The van der Waals surface area contributed by atoms with Gasteiger partial charge in [0.05, 0.1) is 21.7 Å². The SMILES string of the molecule is C[C@H](NC(=O)c1c(C(F)F)nn(C)c1Oc1ccc(Cl)c(Cl)c1)c1ccc(C(=O)O)cc1. The Hall–Kier alpha value is -3.17. The Bertz CT molecular complexity index is 1170. The lowest BCUT2D eigenvalue weighted by Gasteiger charge is -2.16. The number of hydrogen-bond acceptors (Lipinski definition) is 4. The number of hydrogen-bond donors (Lipinski definition) is 2. The van der Waals surface area contributed by atoms with Crippen molar-refractivity contribution in [3.63, 3.8) is 0 Å². The van der Waals surface area contributed by atoms with Gasteiger partial charge in [-0.25, -0.2) is 18.3 Å². The number of carboxylic acid groups (broad SMARTS) is 1. The normalized spacial score (nSPS) is 12.0. The summed E-state index contributed by atoms with van der Waals surface area (Å²) >= 11 is 11.9. The minimum Gasteiger partial charge on any atom is -0.478 e. The molecule has 32 heavy (non-hydrogen) atoms. The maximum Gasteiger partial charge on any atom is 0.335 e. The number of carbonyl (C=O) groups is 2. The van der Waals surface area contributed by atoms with Crippen LogP contribution in [0, 0.1) is 0 Å². The van der Waals surface area contributed by atoms with E-state index >= 15 is 0 Å². The number of alkyl halides is 2. The number of ether oxygens (including phenoxy) is 1. The maximum absolute atomic E-state index is 13.6. The van der Waals surface area contributed by atoms with E-state index in [4.69, 9.17) is 33.0 Å². The fourth-order valence-corrected chi connectivity index (χ4v) is 3.22. The van der Waals surface area contributed by atoms with Gasteiger partial charge in [0, 0.05) is 13.1 Å². The van der Waals surface area contributed by atoms with Gasteiger partial charge < -0.3 is 15.2 Å². The summed E-state index contributed by atoms with van der Waals surface area (Å²) in [7, 11) is 1.36. The first-order valence-corrected chi connectivity index (χ1v) is 9.96. The highest BCUT2D eigenvalue weighted by molar-refractivity contribution is 6.42. The van der Waals surface area contributed by atoms with Crippen LogP contribution in [0.5, 0.6) is 11.6 Å². The van der Waals surface area contributed by atoms with Crippen molar-refractivity contribution in [3.05, 3.63) is 74.9 Å². The van der Waals surface area contributed by atoms with Crippen molar-refractivity contribution in [2.75, 3.05) is 0 Å². The van der Waals surface area contributed by atoms with Crippen molar-refractivity contribution in [2.24, 2.45) is 7.05 Å². The van der Waals surface area contributed by atoms with E-state index in [1.165, 1.54) is 49.5 Å². The highest BCUT2D eigenvalue weighted by atomic mass is 35.5. The molecule has 0 fully saturated rings. The van der Waals surface area contributed by atoms with Crippen LogP contribution in [0.2, 0.25) is 10.0 Å². The fourth-order valence-electron chi connectivity index (χ4n) is 2.93. The molecule has 1 atom stereocenters. The molecule has 1 amide bonds. The van der Waals surface area contributed by atoms with Gasteiger partial charge in [-0.05, 0) is 36.8 Å². The summed E-state index contributed by atoms with van der Waals surface area (Å²) in [5.41, 5.74) is -0.509. The first-order valence-electron chi connectivity index (χ1n) is 9.20. The van der Waals surface area contributed by atoms with Gasteiger partial charge in [0.1, 0.15) is 17.0 Å². The molecule has 168 valence electrons. The largest absolute Gasteiger partial charge is 0.478 e. The zero-order valence-electron chi connectivity index (χ0n) is 16.8. The molecule has 2 N–H and O–H groups in total. The number of aromatic nitrogens is 2. The van der Waals surface area contributed by atoms with Crippen molar-refractivity contribution < 1.29 is 28.2 Å². The van der Waals surface area contributed by atoms with Crippen LogP contribution in [0.25, 0.3) is 0 Å². The lowest BCUT2D eigenvalue weighted by molar-refractivity contribution is 0.0696. The highest BCUT2D eigenvalue weighted by Gasteiger charge is 2.30. The zero-order chi connectivity index (χ0) is 23.6. The van der Waals surface area contributed by atoms with E-state index in [1.807, 2.05) is 0 Å². The molecule has 0 radical (unpaired) electrons. The molecule has 2 aromatic carbocycles. The van der Waals surface area contributed by atoms with E-state index in [0.717, 1.165) is 4.68 Å². The Morgan fingerprint density at radius 3 is 2.34 bits per heavy atom. The smallest absolute Gasteiger partial charge is 0.335 e. The number of amides is 1. The summed E-state index contributed by atoms with van der Waals surface area (Å²) in [5, 5.41) is 15.8. The number of halogens is 4. The number of nitrogens with one attached hydrogen (secondary N) is 1. The summed E-state index contributed by atoms with van der Waals surface area (Å²) < 4.78 is 33.9. The van der Waals surface area contributed by atoms with Gasteiger partial charge in [0.2, 0.25) is 5.88 Å². The predicted molar refractivity (Wildman–Crippen MR) is 114 cm³/mol. The Morgan fingerprint density at radius 1 is 1.12 bits per heavy atom. The van der Waals surface area contributed by atoms with E-state index in [-0.39, 0.29) is 27.2 Å². The van der Waals surface area contributed by atoms with Crippen LogP contribution >= 0.6 is 23.2 Å².